The van der Waals surface area contributed by atoms with Gasteiger partial charge in [0.1, 0.15) is 12.0 Å². The minimum absolute atomic E-state index is 0.00998. The van der Waals surface area contributed by atoms with Gasteiger partial charge in [0, 0.05) is 6.08 Å². The van der Waals surface area contributed by atoms with E-state index in [2.05, 4.69) is 79.9 Å². The summed E-state index contributed by atoms with van der Waals surface area (Å²) in [5.41, 5.74) is 2.03. The van der Waals surface area contributed by atoms with Crippen LogP contribution in [0, 0.1) is 11.8 Å². The molecule has 4 atom stereocenters. The summed E-state index contributed by atoms with van der Waals surface area (Å²) in [6, 6.07) is 8.13. The van der Waals surface area contributed by atoms with Crippen LogP contribution in [0.2, 0.25) is 36.3 Å². The van der Waals surface area contributed by atoms with Gasteiger partial charge < -0.3 is 13.6 Å². The molecule has 2 aliphatic rings. The molecule has 1 heterocycles. The van der Waals surface area contributed by atoms with Crippen LogP contribution in [0.5, 0.6) is 0 Å². The first-order valence-corrected chi connectivity index (χ1v) is 17.6. The molecular formula is C26H40O5Si2. The van der Waals surface area contributed by atoms with Crippen LogP contribution >= 0.6 is 0 Å². The van der Waals surface area contributed by atoms with E-state index in [1.807, 2.05) is 12.1 Å². The van der Waals surface area contributed by atoms with E-state index < -0.39 is 28.7 Å². The number of esters is 1. The Bertz CT molecular complexity index is 952. The molecule has 3 rings (SSSR count). The molecule has 0 amide bonds. The molecule has 33 heavy (non-hydrogen) atoms. The third-order valence-electron chi connectivity index (χ3n) is 8.16. The number of fused-ring (bicyclic) bond motifs is 2. The summed E-state index contributed by atoms with van der Waals surface area (Å²) >= 11 is 0. The molecule has 182 valence electrons. The molecule has 1 saturated heterocycles. The molecule has 1 aliphatic carbocycles. The van der Waals surface area contributed by atoms with Crippen molar-refractivity contribution >= 4 is 28.9 Å². The van der Waals surface area contributed by atoms with E-state index in [1.165, 1.54) is 6.08 Å². The number of hydrogen-bond donors (Lipinski definition) is 0. The summed E-state index contributed by atoms with van der Waals surface area (Å²) in [5.74, 6) is -0.881. The Kier molecular flexibility index (Phi) is 6.79. The number of aldehydes is 1. The second-order valence-electron chi connectivity index (χ2n) is 12.4. The van der Waals surface area contributed by atoms with Gasteiger partial charge in [-0.1, -0.05) is 65.8 Å². The smallest absolute Gasteiger partial charge is 0.317 e. The van der Waals surface area contributed by atoms with Crippen molar-refractivity contribution in [2.75, 3.05) is 0 Å². The molecule has 0 aromatic heterocycles. The topological polar surface area (TPSA) is 61.8 Å². The Balaban J connectivity index is 2.20. The zero-order valence-corrected chi connectivity index (χ0v) is 23.8. The fourth-order valence-corrected chi connectivity index (χ4v) is 6.64. The molecule has 5 nitrogen and oxygen atoms in total. The summed E-state index contributed by atoms with van der Waals surface area (Å²) in [6.07, 6.45) is 1.26. The maximum Gasteiger partial charge on any atom is 0.317 e. The third kappa shape index (κ3) is 4.70. The molecule has 1 aromatic carbocycles. The van der Waals surface area contributed by atoms with Gasteiger partial charge in [-0.3, -0.25) is 9.59 Å². The fraction of sp³-hybridized carbons (Fsp3) is 0.615. The SMILES string of the molecule is CC(C)(C)[Si](C)(C)O[C@@H]1c2ccccc2[C@H](O[Si](C)(C)C(C)(C)C)[C@@H]2/C(=C/C=O)OC(=O)[C@@H]21. The van der Waals surface area contributed by atoms with E-state index in [4.69, 9.17) is 13.6 Å². The number of carbonyl (C=O) groups is 2. The first kappa shape index (κ1) is 26.1. The highest BCUT2D eigenvalue weighted by Gasteiger charge is 2.58. The average molecular weight is 489 g/mol. The van der Waals surface area contributed by atoms with Gasteiger partial charge in [-0.2, -0.15) is 0 Å². The van der Waals surface area contributed by atoms with Crippen molar-refractivity contribution in [1.82, 2.24) is 0 Å². The fourth-order valence-electron chi connectivity index (χ4n) is 4.12. The maximum atomic E-state index is 13.3. The highest BCUT2D eigenvalue weighted by molar-refractivity contribution is 6.74. The van der Waals surface area contributed by atoms with Crippen molar-refractivity contribution in [2.45, 2.75) is 90.0 Å². The van der Waals surface area contributed by atoms with Crippen LogP contribution in [0.4, 0.5) is 0 Å². The van der Waals surface area contributed by atoms with Crippen molar-refractivity contribution in [1.29, 1.82) is 0 Å². The Morgan fingerprint density at radius 3 is 1.64 bits per heavy atom. The molecule has 7 heteroatoms. The number of allylic oxidation sites excluding steroid dienone is 1. The number of rotatable bonds is 5. The Morgan fingerprint density at radius 2 is 1.24 bits per heavy atom. The van der Waals surface area contributed by atoms with Crippen LogP contribution in [0.3, 0.4) is 0 Å². The van der Waals surface area contributed by atoms with Crippen LogP contribution in [-0.4, -0.2) is 28.9 Å². The van der Waals surface area contributed by atoms with Gasteiger partial charge in [-0.25, -0.2) is 0 Å². The van der Waals surface area contributed by atoms with E-state index in [-0.39, 0.29) is 28.1 Å². The Hall–Kier alpha value is -1.55. The lowest BCUT2D eigenvalue weighted by Crippen LogP contribution is -2.48. The maximum absolute atomic E-state index is 13.3. The number of benzene rings is 1. The molecule has 0 N–H and O–H groups in total. The number of ether oxygens (including phenoxy) is 1. The van der Waals surface area contributed by atoms with Crippen LogP contribution in [0.15, 0.2) is 36.1 Å². The van der Waals surface area contributed by atoms with Gasteiger partial charge in [0.15, 0.2) is 16.6 Å². The van der Waals surface area contributed by atoms with E-state index in [9.17, 15) is 9.59 Å². The zero-order chi connectivity index (χ0) is 25.0. The molecule has 0 unspecified atom stereocenters. The summed E-state index contributed by atoms with van der Waals surface area (Å²) in [5, 5.41) is -0.0279. The molecule has 1 aliphatic heterocycles. The minimum Gasteiger partial charge on any atom is -0.430 e. The summed E-state index contributed by atoms with van der Waals surface area (Å²) in [6.45, 7) is 22.0. The third-order valence-corrected chi connectivity index (χ3v) is 17.1. The van der Waals surface area contributed by atoms with Gasteiger partial charge >= 0.3 is 5.97 Å². The van der Waals surface area contributed by atoms with Crippen molar-refractivity contribution in [2.24, 2.45) is 11.8 Å². The van der Waals surface area contributed by atoms with Gasteiger partial charge in [-0.05, 0) is 47.4 Å². The lowest BCUT2D eigenvalue weighted by molar-refractivity contribution is -0.143. The van der Waals surface area contributed by atoms with Crippen molar-refractivity contribution in [3.8, 4) is 0 Å². The Labute approximate surface area is 201 Å². The highest BCUT2D eigenvalue weighted by Crippen LogP contribution is 2.57. The molecule has 0 saturated carbocycles. The summed E-state index contributed by atoms with van der Waals surface area (Å²) < 4.78 is 19.6. The molecular weight excluding hydrogens is 448 g/mol. The normalized spacial score (nSPS) is 27.2. The van der Waals surface area contributed by atoms with E-state index in [0.717, 1.165) is 11.1 Å². The summed E-state index contributed by atoms with van der Waals surface area (Å²) in [7, 11) is -4.43. The van der Waals surface area contributed by atoms with Crippen LogP contribution in [0.25, 0.3) is 0 Å². The molecule has 1 aromatic rings. The highest BCUT2D eigenvalue weighted by atomic mass is 28.4. The Morgan fingerprint density at radius 1 is 0.818 bits per heavy atom. The van der Waals surface area contributed by atoms with Gasteiger partial charge in [0.2, 0.25) is 0 Å². The number of hydrogen-bond acceptors (Lipinski definition) is 5. The van der Waals surface area contributed by atoms with Crippen molar-refractivity contribution in [3.63, 3.8) is 0 Å². The molecule has 1 fully saturated rings. The summed E-state index contributed by atoms with van der Waals surface area (Å²) in [4.78, 5) is 24.7. The van der Waals surface area contributed by atoms with Crippen molar-refractivity contribution in [3.05, 3.63) is 47.2 Å². The monoisotopic (exact) mass is 488 g/mol. The number of carbonyl (C=O) groups excluding carboxylic acids is 2. The van der Waals surface area contributed by atoms with Crippen LogP contribution < -0.4 is 0 Å². The van der Waals surface area contributed by atoms with Crippen LogP contribution in [-0.2, 0) is 23.2 Å². The second-order valence-corrected chi connectivity index (χ2v) is 21.9. The largest absolute Gasteiger partial charge is 0.430 e. The van der Waals surface area contributed by atoms with Gasteiger partial charge in [0.05, 0.1) is 24.0 Å². The number of cyclic esters (lactones) is 1. The molecule has 0 bridgehead atoms. The lowest BCUT2D eigenvalue weighted by atomic mass is 9.72. The minimum atomic E-state index is -2.22. The first-order valence-electron chi connectivity index (χ1n) is 11.8. The predicted octanol–water partition coefficient (Wildman–Crippen LogP) is 6.70. The second kappa shape index (κ2) is 8.59. The van der Waals surface area contributed by atoms with Crippen LogP contribution in [0.1, 0.15) is 64.9 Å². The average Bonchev–Trinajstić information content (AvgIpc) is 2.99. The van der Waals surface area contributed by atoms with E-state index >= 15 is 0 Å². The first-order chi connectivity index (χ1) is 15.0. The standard InChI is InChI=1S/C26H40O5Si2/c1-25(2,3)32(7,8)30-22-17-13-11-12-14-18(17)23(31-33(9,10)26(4,5)6)21-20(22)19(15-16-27)29-24(21)28/h11-16,20-23H,1-10H3/b19-15-/t20-,21+,22+,23-/m1/s1. The quantitative estimate of drug-likeness (QED) is 0.200. The zero-order valence-electron chi connectivity index (χ0n) is 21.8. The van der Waals surface area contributed by atoms with Gasteiger partial charge in [-0.15, -0.1) is 0 Å². The van der Waals surface area contributed by atoms with Crippen molar-refractivity contribution < 1.29 is 23.2 Å². The molecule has 0 radical (unpaired) electrons. The van der Waals surface area contributed by atoms with E-state index in [1.54, 1.807) is 0 Å². The van der Waals surface area contributed by atoms with Gasteiger partial charge in [0.25, 0.3) is 0 Å². The van der Waals surface area contributed by atoms with E-state index in [0.29, 0.717) is 12.0 Å². The predicted molar refractivity (Wildman–Crippen MR) is 136 cm³/mol. The lowest BCUT2D eigenvalue weighted by Gasteiger charge is -2.47. The molecule has 0 spiro atoms.